The number of hydrogen-bond donors (Lipinski definition) is 2. The third-order valence-electron chi connectivity index (χ3n) is 4.20. The summed E-state index contributed by atoms with van der Waals surface area (Å²) in [7, 11) is 1.53. The fraction of sp³-hybridized carbons (Fsp3) is 0.471. The number of aromatic amines is 1. The van der Waals surface area contributed by atoms with Crippen LogP contribution in [-0.2, 0) is 16.1 Å². The first-order valence-electron chi connectivity index (χ1n) is 8.56. The van der Waals surface area contributed by atoms with Gasteiger partial charge < -0.3 is 14.8 Å². The minimum absolute atomic E-state index is 0.00484. The highest BCUT2D eigenvalue weighted by Crippen LogP contribution is 2.28. The highest BCUT2D eigenvalue weighted by Gasteiger charge is 2.23. The summed E-state index contributed by atoms with van der Waals surface area (Å²) in [6.07, 6.45) is 1.91. The predicted molar refractivity (Wildman–Crippen MR) is 104 cm³/mol. The smallest absolute Gasteiger partial charge is 0.344 e. The maximum absolute atomic E-state index is 12.5. The minimum atomic E-state index is -0.468. The molecule has 0 unspecified atom stereocenters. The van der Waals surface area contributed by atoms with Crippen molar-refractivity contribution in [3.63, 3.8) is 0 Å². The van der Waals surface area contributed by atoms with E-state index in [1.807, 2.05) is 0 Å². The van der Waals surface area contributed by atoms with Gasteiger partial charge in [-0.2, -0.15) is 0 Å². The van der Waals surface area contributed by atoms with Crippen LogP contribution in [0.3, 0.4) is 0 Å². The normalized spacial score (nSPS) is 17.7. The average Bonchev–Trinajstić information content (AvgIpc) is 3.27. The summed E-state index contributed by atoms with van der Waals surface area (Å²) in [5.74, 6) is 0.312. The lowest BCUT2D eigenvalue weighted by Crippen LogP contribution is -2.26. The van der Waals surface area contributed by atoms with Crippen molar-refractivity contribution in [2.24, 2.45) is 0 Å². The van der Waals surface area contributed by atoms with Crippen molar-refractivity contribution in [3.8, 4) is 5.75 Å². The molecule has 1 aromatic carbocycles. The number of ether oxygens (including phenoxy) is 2. The Balaban J connectivity index is 1.64. The summed E-state index contributed by atoms with van der Waals surface area (Å²) in [6, 6.07) is 5.02. The van der Waals surface area contributed by atoms with E-state index in [1.54, 1.807) is 25.1 Å². The van der Waals surface area contributed by atoms with Crippen molar-refractivity contribution in [1.82, 2.24) is 14.8 Å². The predicted octanol–water partition coefficient (Wildman–Crippen LogP) is 2.53. The van der Waals surface area contributed by atoms with Crippen LogP contribution in [0.4, 0.5) is 5.69 Å². The number of benzene rings is 1. The number of amides is 1. The van der Waals surface area contributed by atoms with Crippen LogP contribution in [0.5, 0.6) is 5.75 Å². The molecule has 8 nitrogen and oxygen atoms in total. The topological polar surface area (TPSA) is 98.2 Å². The zero-order chi connectivity index (χ0) is 19.4. The molecule has 1 fully saturated rings. The lowest BCUT2D eigenvalue weighted by molar-refractivity contribution is -0.115. The molecule has 0 saturated carbocycles. The second-order valence-electron chi connectivity index (χ2n) is 6.16. The van der Waals surface area contributed by atoms with E-state index in [0.29, 0.717) is 34.8 Å². The van der Waals surface area contributed by atoms with Crippen LogP contribution in [-0.4, -0.2) is 45.7 Å². The van der Waals surface area contributed by atoms with Gasteiger partial charge in [0.1, 0.15) is 5.75 Å². The number of rotatable bonds is 7. The Hall–Kier alpha value is -1.97. The van der Waals surface area contributed by atoms with Gasteiger partial charge in [-0.05, 0) is 38.0 Å². The number of aromatic nitrogens is 3. The summed E-state index contributed by atoms with van der Waals surface area (Å²) < 4.78 is 12.2. The molecule has 1 aliphatic heterocycles. The van der Waals surface area contributed by atoms with Crippen LogP contribution in [0.1, 0.15) is 19.8 Å². The molecular weight excluding hydrogens is 392 g/mol. The number of carbonyl (C=O) groups excluding carboxylic acids is 1. The minimum Gasteiger partial charge on any atom is -0.495 e. The van der Waals surface area contributed by atoms with Crippen molar-refractivity contribution < 1.29 is 14.3 Å². The lowest BCUT2D eigenvalue weighted by atomic mass is 10.2. The largest absolute Gasteiger partial charge is 0.495 e. The quantitative estimate of drug-likeness (QED) is 0.678. The van der Waals surface area contributed by atoms with Crippen LogP contribution in [0, 0.1) is 0 Å². The van der Waals surface area contributed by atoms with Crippen molar-refractivity contribution in [3.05, 3.63) is 33.7 Å². The summed E-state index contributed by atoms with van der Waals surface area (Å²) in [5, 5.41) is 9.69. The Morgan fingerprint density at radius 2 is 2.41 bits per heavy atom. The standard InChI is InChI=1S/C17H21ClN4O4S/c1-10(15(23)19-11-5-6-14(25-2)13(18)8-11)27-17-21-20-16(24)22(17)9-12-4-3-7-26-12/h5-6,8,10,12H,3-4,7,9H2,1-2H3,(H,19,23)(H,20,24)/t10-,12+/m1/s1. The van der Waals surface area contributed by atoms with E-state index >= 15 is 0 Å². The second-order valence-corrected chi connectivity index (χ2v) is 7.87. The molecule has 1 saturated heterocycles. The Labute approximate surface area is 165 Å². The fourth-order valence-electron chi connectivity index (χ4n) is 2.75. The van der Waals surface area contributed by atoms with E-state index < -0.39 is 5.25 Å². The Bertz CT molecular complexity index is 863. The Morgan fingerprint density at radius 3 is 3.07 bits per heavy atom. The molecular formula is C17H21ClN4O4S. The zero-order valence-corrected chi connectivity index (χ0v) is 16.6. The first-order valence-corrected chi connectivity index (χ1v) is 9.81. The van der Waals surface area contributed by atoms with Gasteiger partial charge in [0.15, 0.2) is 5.16 Å². The molecule has 1 aliphatic rings. The number of hydrogen-bond acceptors (Lipinski definition) is 6. The summed E-state index contributed by atoms with van der Waals surface area (Å²) in [4.78, 5) is 24.5. The maximum atomic E-state index is 12.5. The highest BCUT2D eigenvalue weighted by atomic mass is 35.5. The van der Waals surface area contributed by atoms with E-state index in [2.05, 4.69) is 15.5 Å². The van der Waals surface area contributed by atoms with Crippen molar-refractivity contribution >= 4 is 35.0 Å². The van der Waals surface area contributed by atoms with Crippen molar-refractivity contribution in [1.29, 1.82) is 0 Å². The van der Waals surface area contributed by atoms with E-state index in [1.165, 1.54) is 23.4 Å². The number of H-pyrrole nitrogens is 1. The van der Waals surface area contributed by atoms with Gasteiger partial charge in [0.05, 0.1) is 30.0 Å². The van der Waals surface area contributed by atoms with Crippen LogP contribution >= 0.6 is 23.4 Å². The highest BCUT2D eigenvalue weighted by molar-refractivity contribution is 8.00. The molecule has 1 amide bonds. The van der Waals surface area contributed by atoms with Crippen molar-refractivity contribution in [2.45, 2.75) is 42.8 Å². The number of anilines is 1. The van der Waals surface area contributed by atoms with E-state index in [9.17, 15) is 9.59 Å². The van der Waals surface area contributed by atoms with Crippen molar-refractivity contribution in [2.75, 3.05) is 19.0 Å². The van der Waals surface area contributed by atoms with Gasteiger partial charge in [0, 0.05) is 12.3 Å². The molecule has 0 radical (unpaired) electrons. The first kappa shape index (κ1) is 19.8. The number of thioether (sulfide) groups is 1. The second kappa shape index (κ2) is 8.81. The van der Waals surface area contributed by atoms with Crippen LogP contribution in [0.15, 0.2) is 28.2 Å². The molecule has 1 aromatic heterocycles. The van der Waals surface area contributed by atoms with E-state index in [0.717, 1.165) is 12.8 Å². The third-order valence-corrected chi connectivity index (χ3v) is 5.59. The summed E-state index contributed by atoms with van der Waals surface area (Å²) in [6.45, 7) is 2.89. The number of nitrogens with one attached hydrogen (secondary N) is 2. The van der Waals surface area contributed by atoms with Gasteiger partial charge in [-0.1, -0.05) is 23.4 Å². The fourth-order valence-corrected chi connectivity index (χ4v) is 3.87. The Kier molecular flexibility index (Phi) is 6.46. The van der Waals surface area contributed by atoms with Crippen LogP contribution in [0.2, 0.25) is 5.02 Å². The Morgan fingerprint density at radius 1 is 1.59 bits per heavy atom. The average molecular weight is 413 g/mol. The molecule has 2 atom stereocenters. The number of methoxy groups -OCH3 is 1. The number of nitrogens with zero attached hydrogens (tertiary/aromatic N) is 2. The third kappa shape index (κ3) is 4.85. The van der Waals surface area contributed by atoms with Gasteiger partial charge in [0.2, 0.25) is 5.91 Å². The first-order chi connectivity index (χ1) is 13.0. The molecule has 2 aromatic rings. The number of halogens is 1. The van der Waals surface area contributed by atoms with Gasteiger partial charge in [-0.15, -0.1) is 5.10 Å². The zero-order valence-electron chi connectivity index (χ0n) is 15.0. The SMILES string of the molecule is COc1ccc(NC(=O)[C@@H](C)Sc2n[nH]c(=O)n2C[C@@H]2CCCO2)cc1Cl. The lowest BCUT2D eigenvalue weighted by Gasteiger charge is -2.14. The van der Waals surface area contributed by atoms with Gasteiger partial charge in [-0.25, -0.2) is 9.89 Å². The summed E-state index contributed by atoms with van der Waals surface area (Å²) >= 11 is 7.29. The molecule has 2 N–H and O–H groups in total. The maximum Gasteiger partial charge on any atom is 0.344 e. The molecule has 27 heavy (non-hydrogen) atoms. The molecule has 0 bridgehead atoms. The molecule has 0 spiro atoms. The molecule has 0 aliphatic carbocycles. The monoisotopic (exact) mass is 412 g/mol. The number of carbonyl (C=O) groups is 1. The van der Waals surface area contributed by atoms with Crippen LogP contribution < -0.4 is 15.7 Å². The van der Waals surface area contributed by atoms with E-state index in [4.69, 9.17) is 21.1 Å². The van der Waals surface area contributed by atoms with Gasteiger partial charge in [-0.3, -0.25) is 9.36 Å². The summed E-state index contributed by atoms with van der Waals surface area (Å²) in [5.41, 5.74) is 0.263. The molecule has 10 heteroatoms. The molecule has 3 rings (SSSR count). The van der Waals surface area contributed by atoms with E-state index in [-0.39, 0.29) is 17.7 Å². The molecule has 2 heterocycles. The van der Waals surface area contributed by atoms with Crippen LogP contribution in [0.25, 0.3) is 0 Å². The van der Waals surface area contributed by atoms with Gasteiger partial charge in [0.25, 0.3) is 0 Å². The van der Waals surface area contributed by atoms with Gasteiger partial charge >= 0.3 is 5.69 Å². The molecule has 146 valence electrons.